The molecule has 0 unspecified atom stereocenters. The number of hydrogen-bond acceptors (Lipinski definition) is 1. The normalized spacial score (nSPS) is 11.6. The lowest BCUT2D eigenvalue weighted by atomic mass is 9.87. The molecule has 1 nitrogen and oxygen atoms in total. The third kappa shape index (κ3) is 3.54. The first-order valence-electron chi connectivity index (χ1n) is 6.25. The van der Waals surface area contributed by atoms with Gasteiger partial charge in [-0.15, -0.1) is 0 Å². The quantitative estimate of drug-likeness (QED) is 0.771. The van der Waals surface area contributed by atoms with Crippen LogP contribution < -0.4 is 0 Å². The summed E-state index contributed by atoms with van der Waals surface area (Å²) in [6.45, 7) is 6.50. The van der Waals surface area contributed by atoms with Gasteiger partial charge in [-0.25, -0.2) is 4.39 Å². The summed E-state index contributed by atoms with van der Waals surface area (Å²) in [6, 6.07) is 8.92. The Labute approximate surface area is 118 Å². The van der Waals surface area contributed by atoms with Crippen molar-refractivity contribution in [2.45, 2.75) is 32.6 Å². The highest BCUT2D eigenvalue weighted by atomic mass is 35.5. The molecule has 0 saturated heterocycles. The van der Waals surface area contributed by atoms with Crippen molar-refractivity contribution in [2.75, 3.05) is 0 Å². The van der Waals surface area contributed by atoms with Crippen molar-refractivity contribution in [3.63, 3.8) is 0 Å². The summed E-state index contributed by atoms with van der Waals surface area (Å²) in [5.41, 5.74) is 3.27. The standard InChI is InChI=1S/C16H17ClFN/c1-16(2,3)12-6-7-19-13(10-12)8-11-4-5-15(18)14(17)9-11/h4-7,9-10H,8H2,1-3H3. The zero-order valence-corrected chi connectivity index (χ0v) is 12.1. The van der Waals surface area contributed by atoms with Gasteiger partial charge in [-0.3, -0.25) is 4.98 Å². The Morgan fingerprint density at radius 1 is 1.16 bits per heavy atom. The van der Waals surface area contributed by atoms with Crippen LogP contribution in [0.15, 0.2) is 36.5 Å². The van der Waals surface area contributed by atoms with Gasteiger partial charge in [0, 0.05) is 18.3 Å². The largest absolute Gasteiger partial charge is 0.261 e. The maximum absolute atomic E-state index is 13.1. The van der Waals surface area contributed by atoms with E-state index in [0.29, 0.717) is 6.42 Å². The molecule has 0 fully saturated rings. The fraction of sp³-hybridized carbons (Fsp3) is 0.312. The summed E-state index contributed by atoms with van der Waals surface area (Å²) in [4.78, 5) is 4.36. The maximum Gasteiger partial charge on any atom is 0.141 e. The molecule has 0 aliphatic carbocycles. The summed E-state index contributed by atoms with van der Waals surface area (Å²) in [7, 11) is 0. The van der Waals surface area contributed by atoms with E-state index in [-0.39, 0.29) is 16.3 Å². The third-order valence-electron chi connectivity index (χ3n) is 3.05. The van der Waals surface area contributed by atoms with E-state index in [2.05, 4.69) is 31.8 Å². The van der Waals surface area contributed by atoms with Gasteiger partial charge in [0.05, 0.1) is 5.02 Å². The van der Waals surface area contributed by atoms with Crippen LogP contribution in [0.25, 0.3) is 0 Å². The van der Waals surface area contributed by atoms with Gasteiger partial charge in [0.1, 0.15) is 5.82 Å². The van der Waals surface area contributed by atoms with E-state index in [9.17, 15) is 4.39 Å². The van der Waals surface area contributed by atoms with Gasteiger partial charge in [0.15, 0.2) is 0 Å². The zero-order valence-electron chi connectivity index (χ0n) is 11.4. The van der Waals surface area contributed by atoms with E-state index < -0.39 is 0 Å². The SMILES string of the molecule is CC(C)(C)c1ccnc(Cc2ccc(F)c(Cl)c2)c1. The average Bonchev–Trinajstić information content (AvgIpc) is 2.33. The summed E-state index contributed by atoms with van der Waals surface area (Å²) >= 11 is 5.79. The summed E-state index contributed by atoms with van der Waals surface area (Å²) in [5, 5.41) is 0.157. The Morgan fingerprint density at radius 3 is 2.53 bits per heavy atom. The van der Waals surface area contributed by atoms with Gasteiger partial charge in [0.25, 0.3) is 0 Å². The van der Waals surface area contributed by atoms with Crippen molar-refractivity contribution in [3.05, 3.63) is 64.2 Å². The second kappa shape index (κ2) is 5.30. The molecule has 0 aliphatic heterocycles. The van der Waals surface area contributed by atoms with Gasteiger partial charge in [-0.1, -0.05) is 38.4 Å². The molecule has 0 spiro atoms. The van der Waals surface area contributed by atoms with Crippen molar-refractivity contribution in [3.8, 4) is 0 Å². The zero-order chi connectivity index (χ0) is 14.0. The lowest BCUT2D eigenvalue weighted by Crippen LogP contribution is -2.11. The Morgan fingerprint density at radius 2 is 1.89 bits per heavy atom. The number of hydrogen-bond donors (Lipinski definition) is 0. The van der Waals surface area contributed by atoms with Crippen LogP contribution >= 0.6 is 11.6 Å². The van der Waals surface area contributed by atoms with Gasteiger partial charge < -0.3 is 0 Å². The first-order chi connectivity index (χ1) is 8.86. The molecule has 1 aromatic carbocycles. The predicted molar refractivity (Wildman–Crippen MR) is 77.2 cm³/mol. The lowest BCUT2D eigenvalue weighted by molar-refractivity contribution is 0.588. The Kier molecular flexibility index (Phi) is 3.91. The van der Waals surface area contributed by atoms with Crippen LogP contribution in [0.3, 0.4) is 0 Å². The third-order valence-corrected chi connectivity index (χ3v) is 3.34. The molecule has 0 bridgehead atoms. The van der Waals surface area contributed by atoms with Crippen molar-refractivity contribution in [1.29, 1.82) is 0 Å². The first-order valence-corrected chi connectivity index (χ1v) is 6.63. The molecule has 3 heteroatoms. The highest BCUT2D eigenvalue weighted by Crippen LogP contribution is 2.23. The molecule has 0 amide bonds. The Bertz CT molecular complexity index is 588. The molecule has 1 heterocycles. The molecule has 19 heavy (non-hydrogen) atoms. The van der Waals surface area contributed by atoms with Crippen LogP contribution in [-0.4, -0.2) is 4.98 Å². The average molecular weight is 278 g/mol. The molecule has 0 radical (unpaired) electrons. The molecule has 0 aliphatic rings. The molecule has 2 rings (SSSR count). The summed E-state index contributed by atoms with van der Waals surface area (Å²) in [6.07, 6.45) is 2.48. The molecule has 0 saturated carbocycles. The van der Waals surface area contributed by atoms with E-state index in [1.165, 1.54) is 11.6 Å². The van der Waals surface area contributed by atoms with E-state index in [1.807, 2.05) is 12.3 Å². The van der Waals surface area contributed by atoms with Gasteiger partial charge >= 0.3 is 0 Å². The Balaban J connectivity index is 2.26. The monoisotopic (exact) mass is 277 g/mol. The molecular formula is C16H17ClFN. The fourth-order valence-corrected chi connectivity index (χ4v) is 2.10. The highest BCUT2D eigenvalue weighted by Gasteiger charge is 2.14. The maximum atomic E-state index is 13.1. The van der Waals surface area contributed by atoms with Crippen LogP contribution in [0.1, 0.15) is 37.6 Å². The van der Waals surface area contributed by atoms with Crippen LogP contribution in [0.2, 0.25) is 5.02 Å². The molecule has 0 N–H and O–H groups in total. The number of pyridine rings is 1. The summed E-state index contributed by atoms with van der Waals surface area (Å²) in [5.74, 6) is -0.387. The van der Waals surface area contributed by atoms with Crippen molar-refractivity contribution < 1.29 is 4.39 Å². The van der Waals surface area contributed by atoms with Crippen LogP contribution in [-0.2, 0) is 11.8 Å². The fourth-order valence-electron chi connectivity index (χ4n) is 1.90. The predicted octanol–water partition coefficient (Wildman–Crippen LogP) is 4.76. The number of benzene rings is 1. The van der Waals surface area contributed by atoms with E-state index in [1.54, 1.807) is 12.1 Å². The molecule has 2 aromatic rings. The van der Waals surface area contributed by atoms with E-state index in [0.717, 1.165) is 11.3 Å². The highest BCUT2D eigenvalue weighted by molar-refractivity contribution is 6.30. The minimum Gasteiger partial charge on any atom is -0.261 e. The van der Waals surface area contributed by atoms with E-state index in [4.69, 9.17) is 11.6 Å². The molecule has 100 valence electrons. The van der Waals surface area contributed by atoms with Crippen LogP contribution in [0.4, 0.5) is 4.39 Å². The lowest BCUT2D eigenvalue weighted by Gasteiger charge is -2.19. The van der Waals surface area contributed by atoms with E-state index >= 15 is 0 Å². The topological polar surface area (TPSA) is 12.9 Å². The molecular weight excluding hydrogens is 261 g/mol. The molecule has 0 atom stereocenters. The van der Waals surface area contributed by atoms with Crippen molar-refractivity contribution in [2.24, 2.45) is 0 Å². The minimum atomic E-state index is -0.387. The number of rotatable bonds is 2. The smallest absolute Gasteiger partial charge is 0.141 e. The van der Waals surface area contributed by atoms with Gasteiger partial charge in [-0.2, -0.15) is 0 Å². The second-order valence-electron chi connectivity index (χ2n) is 5.71. The van der Waals surface area contributed by atoms with Gasteiger partial charge in [0.2, 0.25) is 0 Å². The number of halogens is 2. The first kappa shape index (κ1) is 14.0. The molecule has 1 aromatic heterocycles. The van der Waals surface area contributed by atoms with Crippen molar-refractivity contribution >= 4 is 11.6 Å². The number of nitrogens with zero attached hydrogens (tertiary/aromatic N) is 1. The van der Waals surface area contributed by atoms with Crippen LogP contribution in [0.5, 0.6) is 0 Å². The Hall–Kier alpha value is -1.41. The van der Waals surface area contributed by atoms with Gasteiger partial charge in [-0.05, 0) is 40.8 Å². The van der Waals surface area contributed by atoms with Crippen molar-refractivity contribution in [1.82, 2.24) is 4.98 Å². The van der Waals surface area contributed by atoms with Crippen LogP contribution in [0, 0.1) is 5.82 Å². The second-order valence-corrected chi connectivity index (χ2v) is 6.12. The number of aromatic nitrogens is 1. The minimum absolute atomic E-state index is 0.0954. The summed E-state index contributed by atoms with van der Waals surface area (Å²) < 4.78 is 13.1.